The second-order valence-electron chi connectivity index (χ2n) is 4.27. The largest absolute Gasteiger partial charge is 0.459 e. The predicted molar refractivity (Wildman–Crippen MR) is 74.7 cm³/mol. The molecule has 3 heteroatoms. The highest BCUT2D eigenvalue weighted by molar-refractivity contribution is 5.91. The van der Waals surface area contributed by atoms with E-state index in [-0.39, 0.29) is 5.91 Å². The maximum Gasteiger partial charge on any atom is 0.289 e. The van der Waals surface area contributed by atoms with Gasteiger partial charge in [-0.1, -0.05) is 36.4 Å². The van der Waals surface area contributed by atoms with Crippen LogP contribution in [0, 0.1) is 0 Å². The van der Waals surface area contributed by atoms with Crippen LogP contribution < -0.4 is 0 Å². The molecule has 1 heterocycles. The Morgan fingerprint density at radius 1 is 1.21 bits per heavy atom. The summed E-state index contributed by atoms with van der Waals surface area (Å²) in [4.78, 5) is 14.1. The van der Waals surface area contributed by atoms with Crippen molar-refractivity contribution in [3.8, 4) is 0 Å². The van der Waals surface area contributed by atoms with E-state index < -0.39 is 0 Å². The second-order valence-corrected chi connectivity index (χ2v) is 4.27. The first-order valence-electron chi connectivity index (χ1n) is 6.29. The highest BCUT2D eigenvalue weighted by atomic mass is 16.3. The van der Waals surface area contributed by atoms with Crippen LogP contribution in [0.4, 0.5) is 0 Å². The zero-order valence-electron chi connectivity index (χ0n) is 10.8. The SMILES string of the molecule is C=CCCN(Cc1ccccc1)C(=O)c1ccco1. The van der Waals surface area contributed by atoms with Gasteiger partial charge < -0.3 is 9.32 Å². The molecule has 0 aliphatic carbocycles. The number of benzene rings is 1. The summed E-state index contributed by atoms with van der Waals surface area (Å²) >= 11 is 0. The summed E-state index contributed by atoms with van der Waals surface area (Å²) < 4.78 is 5.18. The van der Waals surface area contributed by atoms with Gasteiger partial charge >= 0.3 is 0 Å². The van der Waals surface area contributed by atoms with Gasteiger partial charge in [-0.2, -0.15) is 0 Å². The van der Waals surface area contributed by atoms with Crippen LogP contribution in [0.25, 0.3) is 0 Å². The molecule has 0 N–H and O–H groups in total. The molecule has 0 aliphatic rings. The summed E-state index contributed by atoms with van der Waals surface area (Å²) in [5.41, 5.74) is 1.10. The van der Waals surface area contributed by atoms with Crippen molar-refractivity contribution in [3.05, 3.63) is 72.7 Å². The minimum absolute atomic E-state index is 0.0873. The average molecular weight is 255 g/mol. The normalized spacial score (nSPS) is 10.1. The first-order valence-corrected chi connectivity index (χ1v) is 6.29. The van der Waals surface area contributed by atoms with Crippen molar-refractivity contribution in [2.45, 2.75) is 13.0 Å². The minimum atomic E-state index is -0.0873. The van der Waals surface area contributed by atoms with Crippen molar-refractivity contribution < 1.29 is 9.21 Å². The number of carbonyl (C=O) groups is 1. The van der Waals surface area contributed by atoms with E-state index in [4.69, 9.17) is 4.42 Å². The quantitative estimate of drug-likeness (QED) is 0.740. The summed E-state index contributed by atoms with van der Waals surface area (Å²) in [6.07, 6.45) is 4.09. The minimum Gasteiger partial charge on any atom is -0.459 e. The fourth-order valence-electron chi connectivity index (χ4n) is 1.86. The predicted octanol–water partition coefficient (Wildman–Crippen LogP) is 3.50. The lowest BCUT2D eigenvalue weighted by atomic mass is 10.2. The molecular weight excluding hydrogens is 238 g/mol. The van der Waals surface area contributed by atoms with Gasteiger partial charge in [0.25, 0.3) is 5.91 Å². The van der Waals surface area contributed by atoms with Gasteiger partial charge in [-0.3, -0.25) is 4.79 Å². The van der Waals surface area contributed by atoms with Crippen molar-refractivity contribution in [1.29, 1.82) is 0 Å². The molecule has 0 spiro atoms. The molecule has 19 heavy (non-hydrogen) atoms. The molecule has 1 aromatic heterocycles. The summed E-state index contributed by atoms with van der Waals surface area (Å²) in [5, 5.41) is 0. The topological polar surface area (TPSA) is 33.5 Å². The zero-order chi connectivity index (χ0) is 13.5. The molecule has 0 unspecified atom stereocenters. The number of hydrogen-bond acceptors (Lipinski definition) is 2. The maximum atomic E-state index is 12.3. The number of rotatable bonds is 6. The van der Waals surface area contributed by atoms with E-state index in [0.717, 1.165) is 12.0 Å². The summed E-state index contributed by atoms with van der Waals surface area (Å²) in [6, 6.07) is 13.3. The Morgan fingerprint density at radius 2 is 2.00 bits per heavy atom. The molecule has 0 fully saturated rings. The Balaban J connectivity index is 2.11. The summed E-state index contributed by atoms with van der Waals surface area (Å²) in [7, 11) is 0. The lowest BCUT2D eigenvalue weighted by molar-refractivity contribution is 0.0714. The molecule has 0 radical (unpaired) electrons. The number of nitrogens with zero attached hydrogens (tertiary/aromatic N) is 1. The van der Waals surface area contributed by atoms with Crippen LogP contribution in [0.5, 0.6) is 0 Å². The van der Waals surface area contributed by atoms with E-state index in [1.807, 2.05) is 36.4 Å². The zero-order valence-corrected chi connectivity index (χ0v) is 10.8. The standard InChI is InChI=1S/C16H17NO2/c1-2-3-11-17(13-14-8-5-4-6-9-14)16(18)15-10-7-12-19-15/h2,4-10,12H,1,3,11,13H2. The van der Waals surface area contributed by atoms with Gasteiger partial charge in [0.15, 0.2) is 5.76 Å². The van der Waals surface area contributed by atoms with Crippen LogP contribution in [0.1, 0.15) is 22.5 Å². The van der Waals surface area contributed by atoms with Crippen LogP contribution in [-0.2, 0) is 6.54 Å². The first kappa shape index (κ1) is 13.1. The van der Waals surface area contributed by atoms with Crippen LogP contribution in [-0.4, -0.2) is 17.4 Å². The van der Waals surface area contributed by atoms with E-state index in [0.29, 0.717) is 18.8 Å². The highest BCUT2D eigenvalue weighted by Gasteiger charge is 2.17. The third-order valence-electron chi connectivity index (χ3n) is 2.84. The van der Waals surface area contributed by atoms with Gasteiger partial charge in [0.05, 0.1) is 6.26 Å². The van der Waals surface area contributed by atoms with Crippen molar-refractivity contribution in [3.63, 3.8) is 0 Å². The molecule has 1 aromatic carbocycles. The molecule has 0 aliphatic heterocycles. The van der Waals surface area contributed by atoms with E-state index in [2.05, 4.69) is 6.58 Å². The van der Waals surface area contributed by atoms with Gasteiger partial charge in [-0.15, -0.1) is 6.58 Å². The van der Waals surface area contributed by atoms with Gasteiger partial charge in [0.2, 0.25) is 0 Å². The third kappa shape index (κ3) is 3.58. The van der Waals surface area contributed by atoms with Gasteiger partial charge in [-0.05, 0) is 24.1 Å². The lowest BCUT2D eigenvalue weighted by Crippen LogP contribution is -2.31. The smallest absolute Gasteiger partial charge is 0.289 e. The highest BCUT2D eigenvalue weighted by Crippen LogP contribution is 2.11. The fraction of sp³-hybridized carbons (Fsp3) is 0.188. The van der Waals surface area contributed by atoms with Crippen molar-refractivity contribution in [2.24, 2.45) is 0 Å². The first-order chi connectivity index (χ1) is 9.31. The molecule has 0 bridgehead atoms. The van der Waals surface area contributed by atoms with Gasteiger partial charge in [0, 0.05) is 13.1 Å². The van der Waals surface area contributed by atoms with Crippen molar-refractivity contribution in [1.82, 2.24) is 4.90 Å². The number of carbonyl (C=O) groups excluding carboxylic acids is 1. The summed E-state index contributed by atoms with van der Waals surface area (Å²) in [6.45, 7) is 4.91. The number of furan rings is 1. The lowest BCUT2D eigenvalue weighted by Gasteiger charge is -2.21. The number of amides is 1. The molecule has 0 atom stereocenters. The van der Waals surface area contributed by atoms with Crippen LogP contribution >= 0.6 is 0 Å². The van der Waals surface area contributed by atoms with Gasteiger partial charge in [0.1, 0.15) is 0 Å². The van der Waals surface area contributed by atoms with Crippen LogP contribution in [0.3, 0.4) is 0 Å². The monoisotopic (exact) mass is 255 g/mol. The van der Waals surface area contributed by atoms with E-state index in [9.17, 15) is 4.79 Å². The molecular formula is C16H17NO2. The molecule has 1 amide bonds. The Morgan fingerprint density at radius 3 is 2.63 bits per heavy atom. The van der Waals surface area contributed by atoms with E-state index in [1.54, 1.807) is 17.0 Å². The maximum absolute atomic E-state index is 12.3. The third-order valence-corrected chi connectivity index (χ3v) is 2.84. The summed E-state index contributed by atoms with van der Waals surface area (Å²) in [5.74, 6) is 0.288. The second kappa shape index (κ2) is 6.59. The Bertz CT molecular complexity index is 517. The molecule has 3 nitrogen and oxygen atoms in total. The van der Waals surface area contributed by atoms with Crippen LogP contribution in [0.2, 0.25) is 0 Å². The molecule has 2 aromatic rings. The Hall–Kier alpha value is -2.29. The van der Waals surface area contributed by atoms with Crippen molar-refractivity contribution >= 4 is 5.91 Å². The van der Waals surface area contributed by atoms with Crippen LogP contribution in [0.15, 0.2) is 65.8 Å². The van der Waals surface area contributed by atoms with E-state index >= 15 is 0 Å². The van der Waals surface area contributed by atoms with Gasteiger partial charge in [-0.25, -0.2) is 0 Å². The average Bonchev–Trinajstić information content (AvgIpc) is 2.98. The Labute approximate surface area is 113 Å². The molecule has 2 rings (SSSR count). The molecule has 0 saturated heterocycles. The molecule has 98 valence electrons. The number of hydrogen-bond donors (Lipinski definition) is 0. The van der Waals surface area contributed by atoms with E-state index in [1.165, 1.54) is 6.26 Å². The van der Waals surface area contributed by atoms with Crippen molar-refractivity contribution in [2.75, 3.05) is 6.54 Å². The molecule has 0 saturated carbocycles. The Kier molecular flexibility index (Phi) is 4.56. The fourth-order valence-corrected chi connectivity index (χ4v) is 1.86.